The fourth-order valence-electron chi connectivity index (χ4n) is 2.86. The number of anilines is 1. The molecule has 2 aromatic rings. The van der Waals surface area contributed by atoms with E-state index in [9.17, 15) is 9.18 Å². The first-order valence-electron chi connectivity index (χ1n) is 7.87. The fraction of sp³-hybridized carbons (Fsp3) is 0.333. The third-order valence-corrected chi connectivity index (χ3v) is 4.31. The number of aromatic nitrogens is 1. The van der Waals surface area contributed by atoms with Crippen LogP contribution in [0.25, 0.3) is 11.1 Å². The van der Waals surface area contributed by atoms with Gasteiger partial charge in [0.15, 0.2) is 0 Å². The van der Waals surface area contributed by atoms with Crippen LogP contribution in [0.4, 0.5) is 10.1 Å². The second-order valence-corrected chi connectivity index (χ2v) is 6.09. The Morgan fingerprint density at radius 1 is 1.26 bits per heavy atom. The van der Waals surface area contributed by atoms with Crippen molar-refractivity contribution in [3.63, 3.8) is 0 Å². The van der Waals surface area contributed by atoms with Crippen LogP contribution < -0.4 is 11.1 Å². The van der Waals surface area contributed by atoms with Crippen molar-refractivity contribution >= 4 is 11.6 Å². The molecule has 3 N–H and O–H groups in total. The van der Waals surface area contributed by atoms with E-state index in [1.54, 1.807) is 18.3 Å². The number of benzene rings is 1. The van der Waals surface area contributed by atoms with E-state index in [0.29, 0.717) is 11.3 Å². The molecule has 2 atom stereocenters. The minimum atomic E-state index is -0.346. The summed E-state index contributed by atoms with van der Waals surface area (Å²) < 4.78 is 13.7. The maximum absolute atomic E-state index is 13.7. The predicted molar refractivity (Wildman–Crippen MR) is 88.2 cm³/mol. The van der Waals surface area contributed by atoms with E-state index in [4.69, 9.17) is 5.73 Å². The predicted octanol–water partition coefficient (Wildman–Crippen LogP) is 3.65. The average molecular weight is 313 g/mol. The molecule has 5 heteroatoms. The van der Waals surface area contributed by atoms with Gasteiger partial charge < -0.3 is 11.1 Å². The number of fused-ring (bicyclic) bond motifs is 4. The van der Waals surface area contributed by atoms with Gasteiger partial charge in [-0.1, -0.05) is 13.3 Å². The maximum atomic E-state index is 13.7. The molecule has 1 amide bonds. The summed E-state index contributed by atoms with van der Waals surface area (Å²) in [6, 6.07) is 7.87. The zero-order valence-electron chi connectivity index (χ0n) is 13.1. The second-order valence-electron chi connectivity index (χ2n) is 6.09. The molecule has 1 aliphatic rings. The SMILES string of the molecule is C[C@@H]1CCC[C@H](N)c2cc(ccn2)-c2cc(F)ccc2NC1=O. The first kappa shape index (κ1) is 15.6. The lowest BCUT2D eigenvalue weighted by Gasteiger charge is -2.19. The van der Waals surface area contributed by atoms with E-state index in [1.807, 2.05) is 13.0 Å². The molecule has 3 rings (SSSR count). The number of nitrogens with one attached hydrogen (secondary N) is 1. The number of halogens is 1. The van der Waals surface area contributed by atoms with Crippen LogP contribution in [0.15, 0.2) is 36.5 Å². The molecular formula is C18H20FN3O. The Morgan fingerprint density at radius 2 is 2.09 bits per heavy atom. The Hall–Kier alpha value is -2.27. The van der Waals surface area contributed by atoms with Gasteiger partial charge in [0.2, 0.25) is 5.91 Å². The first-order chi connectivity index (χ1) is 11.0. The van der Waals surface area contributed by atoms with Crippen molar-refractivity contribution in [3.05, 3.63) is 48.0 Å². The van der Waals surface area contributed by atoms with E-state index >= 15 is 0 Å². The van der Waals surface area contributed by atoms with Crippen molar-refractivity contribution < 1.29 is 9.18 Å². The van der Waals surface area contributed by atoms with Crippen molar-refractivity contribution in [1.82, 2.24) is 4.98 Å². The molecule has 120 valence electrons. The number of hydrogen-bond acceptors (Lipinski definition) is 3. The molecule has 4 nitrogen and oxygen atoms in total. The smallest absolute Gasteiger partial charge is 0.227 e. The Balaban J connectivity index is 2.12. The number of pyridine rings is 1. The van der Waals surface area contributed by atoms with Gasteiger partial charge in [-0.3, -0.25) is 9.78 Å². The lowest BCUT2D eigenvalue weighted by atomic mass is 9.96. The number of rotatable bonds is 0. The summed E-state index contributed by atoms with van der Waals surface area (Å²) >= 11 is 0. The molecular weight excluding hydrogens is 293 g/mol. The summed E-state index contributed by atoms with van der Waals surface area (Å²) in [7, 11) is 0. The van der Waals surface area contributed by atoms with Gasteiger partial charge in [0, 0.05) is 29.4 Å². The largest absolute Gasteiger partial charge is 0.325 e. The van der Waals surface area contributed by atoms with E-state index in [2.05, 4.69) is 10.3 Å². The van der Waals surface area contributed by atoms with Crippen LogP contribution in [0.3, 0.4) is 0 Å². The highest BCUT2D eigenvalue weighted by Crippen LogP contribution is 2.31. The van der Waals surface area contributed by atoms with Gasteiger partial charge >= 0.3 is 0 Å². The molecule has 0 saturated carbocycles. The first-order valence-corrected chi connectivity index (χ1v) is 7.87. The molecule has 1 aromatic carbocycles. The highest BCUT2D eigenvalue weighted by molar-refractivity contribution is 5.96. The number of amides is 1. The summed E-state index contributed by atoms with van der Waals surface area (Å²) in [5.41, 5.74) is 9.05. The standard InChI is InChI=1S/C18H20FN3O/c1-11-3-2-4-15(20)17-9-12(7-8-21-17)14-10-13(19)5-6-16(14)22-18(11)23/h5-11,15H,2-4,20H2,1H3,(H,22,23)/t11-,15+/m1/s1. The summed E-state index contributed by atoms with van der Waals surface area (Å²) in [6.07, 6.45) is 4.06. The molecule has 1 aromatic heterocycles. The van der Waals surface area contributed by atoms with Gasteiger partial charge in [-0.05, 0) is 48.7 Å². The summed E-state index contributed by atoms with van der Waals surface area (Å²) in [5, 5.41) is 2.92. The summed E-state index contributed by atoms with van der Waals surface area (Å²) in [5.74, 6) is -0.520. The molecule has 0 unspecified atom stereocenters. The average Bonchev–Trinajstić information content (AvgIpc) is 2.55. The molecule has 0 fully saturated rings. The van der Waals surface area contributed by atoms with Gasteiger partial charge in [-0.15, -0.1) is 0 Å². The highest BCUT2D eigenvalue weighted by atomic mass is 19.1. The minimum Gasteiger partial charge on any atom is -0.325 e. The molecule has 2 bridgehead atoms. The molecule has 0 saturated heterocycles. The van der Waals surface area contributed by atoms with Gasteiger partial charge in [-0.2, -0.15) is 0 Å². The number of nitrogens with zero attached hydrogens (tertiary/aromatic N) is 1. The third-order valence-electron chi connectivity index (χ3n) is 4.31. The molecule has 2 heterocycles. The van der Waals surface area contributed by atoms with Gasteiger partial charge in [0.25, 0.3) is 0 Å². The number of carbonyl (C=O) groups is 1. The van der Waals surface area contributed by atoms with Crippen LogP contribution in [0.2, 0.25) is 0 Å². The monoisotopic (exact) mass is 313 g/mol. The summed E-state index contributed by atoms with van der Waals surface area (Å²) in [4.78, 5) is 16.7. The second kappa shape index (κ2) is 6.46. The fourth-order valence-corrected chi connectivity index (χ4v) is 2.86. The topological polar surface area (TPSA) is 68.0 Å². The zero-order chi connectivity index (χ0) is 16.4. The molecule has 23 heavy (non-hydrogen) atoms. The Kier molecular flexibility index (Phi) is 4.39. The third kappa shape index (κ3) is 3.40. The Morgan fingerprint density at radius 3 is 2.91 bits per heavy atom. The number of nitrogens with two attached hydrogens (primary N) is 1. The quantitative estimate of drug-likeness (QED) is 0.780. The number of hydrogen-bond donors (Lipinski definition) is 2. The minimum absolute atomic E-state index is 0.0544. The van der Waals surface area contributed by atoms with Crippen molar-refractivity contribution in [2.45, 2.75) is 32.2 Å². The molecule has 1 aliphatic heterocycles. The lowest BCUT2D eigenvalue weighted by Crippen LogP contribution is -2.22. The van der Waals surface area contributed by atoms with Gasteiger partial charge in [0.1, 0.15) is 5.82 Å². The Bertz CT molecular complexity index is 732. The lowest BCUT2D eigenvalue weighted by molar-refractivity contribution is -0.119. The van der Waals surface area contributed by atoms with Crippen LogP contribution in [0.1, 0.15) is 37.9 Å². The molecule has 0 spiro atoms. The van der Waals surface area contributed by atoms with Gasteiger partial charge in [-0.25, -0.2) is 4.39 Å². The van der Waals surface area contributed by atoms with Crippen LogP contribution in [-0.2, 0) is 4.79 Å². The summed E-state index contributed by atoms with van der Waals surface area (Å²) in [6.45, 7) is 1.90. The van der Waals surface area contributed by atoms with Crippen LogP contribution in [0, 0.1) is 11.7 Å². The van der Waals surface area contributed by atoms with Crippen LogP contribution in [-0.4, -0.2) is 10.9 Å². The molecule has 0 aliphatic carbocycles. The van der Waals surface area contributed by atoms with Crippen molar-refractivity contribution in [2.75, 3.05) is 5.32 Å². The van der Waals surface area contributed by atoms with Crippen LogP contribution in [0.5, 0.6) is 0 Å². The maximum Gasteiger partial charge on any atom is 0.227 e. The Labute approximate surface area is 134 Å². The number of carbonyl (C=O) groups excluding carboxylic acids is 1. The van der Waals surface area contributed by atoms with E-state index in [0.717, 1.165) is 30.5 Å². The van der Waals surface area contributed by atoms with Crippen LogP contribution >= 0.6 is 0 Å². The zero-order valence-corrected chi connectivity index (χ0v) is 13.1. The van der Waals surface area contributed by atoms with E-state index in [-0.39, 0.29) is 23.7 Å². The van der Waals surface area contributed by atoms with E-state index in [1.165, 1.54) is 12.1 Å². The van der Waals surface area contributed by atoms with Crippen molar-refractivity contribution in [3.8, 4) is 11.1 Å². The normalized spacial score (nSPS) is 21.6. The molecule has 0 radical (unpaired) electrons. The highest BCUT2D eigenvalue weighted by Gasteiger charge is 2.18. The van der Waals surface area contributed by atoms with Crippen molar-refractivity contribution in [2.24, 2.45) is 11.7 Å². The van der Waals surface area contributed by atoms with Crippen molar-refractivity contribution in [1.29, 1.82) is 0 Å². The van der Waals surface area contributed by atoms with Gasteiger partial charge in [0.05, 0.1) is 5.69 Å². The van der Waals surface area contributed by atoms with E-state index < -0.39 is 0 Å².